The first-order chi connectivity index (χ1) is 14.7. The van der Waals surface area contributed by atoms with E-state index in [1.165, 1.54) is 0 Å². The van der Waals surface area contributed by atoms with Crippen molar-refractivity contribution in [3.8, 4) is 11.1 Å². The summed E-state index contributed by atoms with van der Waals surface area (Å²) in [6, 6.07) is 7.54. The molecule has 0 aliphatic carbocycles. The van der Waals surface area contributed by atoms with Gasteiger partial charge in [-0.2, -0.15) is 0 Å². The second-order valence-corrected chi connectivity index (χ2v) is 8.24. The molecule has 1 aromatic heterocycles. The van der Waals surface area contributed by atoms with Crippen molar-refractivity contribution in [2.24, 2.45) is 0 Å². The van der Waals surface area contributed by atoms with Gasteiger partial charge in [0, 0.05) is 24.3 Å². The lowest BCUT2D eigenvalue weighted by Gasteiger charge is -2.34. The Bertz CT molecular complexity index is 969. The Morgan fingerprint density at radius 2 is 1.74 bits per heavy atom. The molecule has 1 N–H and O–H groups in total. The molecule has 2 heterocycles. The van der Waals surface area contributed by atoms with Crippen molar-refractivity contribution in [1.82, 2.24) is 14.8 Å². The minimum atomic E-state index is -0.643. The van der Waals surface area contributed by atoms with Crippen LogP contribution in [0, 0.1) is 13.8 Å². The van der Waals surface area contributed by atoms with E-state index in [1.54, 1.807) is 25.8 Å². The highest BCUT2D eigenvalue weighted by atomic mass is 16.5. The number of piperidine rings is 1. The summed E-state index contributed by atoms with van der Waals surface area (Å²) < 4.78 is 5.23. The van der Waals surface area contributed by atoms with Gasteiger partial charge >= 0.3 is 5.97 Å². The third kappa shape index (κ3) is 4.71. The maximum atomic E-state index is 13.3. The van der Waals surface area contributed by atoms with Crippen LogP contribution in [0.2, 0.25) is 0 Å². The molecule has 1 aliphatic rings. The SMILES string of the molecule is CCOC(=O)c1c(C)[nH]c(C(=O)C(=O)N(C)C2CCN(C)CC2)c1-c1ccc(C)cc1. The quantitative estimate of drug-likeness (QED) is 0.437. The smallest absolute Gasteiger partial charge is 0.340 e. The minimum Gasteiger partial charge on any atom is -0.462 e. The maximum absolute atomic E-state index is 13.3. The first-order valence-electron chi connectivity index (χ1n) is 10.7. The summed E-state index contributed by atoms with van der Waals surface area (Å²) in [5.41, 5.74) is 3.10. The van der Waals surface area contributed by atoms with Crippen LogP contribution in [-0.4, -0.2) is 72.3 Å². The molecule has 166 valence electrons. The molecular weight excluding hydrogens is 394 g/mol. The Kier molecular flexibility index (Phi) is 6.95. The number of hydrogen-bond donors (Lipinski definition) is 1. The molecule has 0 spiro atoms. The number of benzene rings is 1. The maximum Gasteiger partial charge on any atom is 0.340 e. The third-order valence-electron chi connectivity index (χ3n) is 5.98. The first-order valence-corrected chi connectivity index (χ1v) is 10.7. The molecule has 0 saturated carbocycles. The van der Waals surface area contributed by atoms with Gasteiger partial charge in [0.2, 0.25) is 0 Å². The molecule has 1 amide bonds. The average molecular weight is 426 g/mol. The summed E-state index contributed by atoms with van der Waals surface area (Å²) in [7, 11) is 3.74. The highest BCUT2D eigenvalue weighted by Crippen LogP contribution is 2.32. The van der Waals surface area contributed by atoms with Crippen LogP contribution in [0.5, 0.6) is 0 Å². The van der Waals surface area contributed by atoms with E-state index in [-0.39, 0.29) is 18.3 Å². The Labute approximate surface area is 183 Å². The molecule has 0 bridgehead atoms. The van der Waals surface area contributed by atoms with Gasteiger partial charge in [0.15, 0.2) is 0 Å². The van der Waals surface area contributed by atoms with Crippen LogP contribution >= 0.6 is 0 Å². The second kappa shape index (κ2) is 9.47. The molecule has 1 aliphatic heterocycles. The molecule has 0 radical (unpaired) electrons. The van der Waals surface area contributed by atoms with Gasteiger partial charge in [-0.05, 0) is 59.3 Å². The number of carbonyl (C=O) groups excluding carboxylic acids is 3. The van der Waals surface area contributed by atoms with Gasteiger partial charge in [-0.15, -0.1) is 0 Å². The van der Waals surface area contributed by atoms with Gasteiger partial charge in [-0.1, -0.05) is 29.8 Å². The number of likely N-dealkylation sites (N-methyl/N-ethyl adjacent to an activating group) is 1. The first kappa shape index (κ1) is 22.7. The van der Waals surface area contributed by atoms with Gasteiger partial charge in [-0.3, -0.25) is 9.59 Å². The average Bonchev–Trinajstić information content (AvgIpc) is 3.10. The largest absolute Gasteiger partial charge is 0.462 e. The summed E-state index contributed by atoms with van der Waals surface area (Å²) in [6.07, 6.45) is 1.66. The van der Waals surface area contributed by atoms with Gasteiger partial charge < -0.3 is 19.5 Å². The number of esters is 1. The summed E-state index contributed by atoms with van der Waals surface area (Å²) in [4.78, 5) is 45.9. The number of H-pyrrole nitrogens is 1. The highest BCUT2D eigenvalue weighted by Gasteiger charge is 2.33. The van der Waals surface area contributed by atoms with Crippen molar-refractivity contribution in [2.45, 2.75) is 39.7 Å². The zero-order chi connectivity index (χ0) is 22.7. The van der Waals surface area contributed by atoms with Gasteiger partial charge in [-0.25, -0.2) is 4.79 Å². The van der Waals surface area contributed by atoms with E-state index < -0.39 is 17.7 Å². The number of Topliss-reactive ketones (excluding diaryl/α,β-unsaturated/α-hetero) is 1. The van der Waals surface area contributed by atoms with Crippen LogP contribution in [0.4, 0.5) is 0 Å². The van der Waals surface area contributed by atoms with E-state index in [4.69, 9.17) is 4.74 Å². The number of aryl methyl sites for hydroxylation is 2. The Morgan fingerprint density at radius 3 is 2.32 bits per heavy atom. The number of carbonyl (C=O) groups is 3. The van der Waals surface area contributed by atoms with Gasteiger partial charge in [0.1, 0.15) is 5.69 Å². The highest BCUT2D eigenvalue weighted by molar-refractivity contribution is 6.43. The van der Waals surface area contributed by atoms with E-state index in [0.29, 0.717) is 22.4 Å². The Balaban J connectivity index is 2.00. The molecule has 1 fully saturated rings. The van der Waals surface area contributed by atoms with Crippen LogP contribution in [0.15, 0.2) is 24.3 Å². The van der Waals surface area contributed by atoms with Crippen LogP contribution in [-0.2, 0) is 9.53 Å². The minimum absolute atomic E-state index is 0.0241. The number of aromatic amines is 1. The van der Waals surface area contributed by atoms with Gasteiger partial charge in [0.05, 0.1) is 12.2 Å². The molecule has 1 aromatic carbocycles. The Hall–Kier alpha value is -2.93. The van der Waals surface area contributed by atoms with Crippen LogP contribution < -0.4 is 0 Å². The number of rotatable bonds is 6. The number of nitrogens with one attached hydrogen (secondary N) is 1. The summed E-state index contributed by atoms with van der Waals surface area (Å²) in [6.45, 7) is 7.41. The fourth-order valence-corrected chi connectivity index (χ4v) is 4.08. The zero-order valence-corrected chi connectivity index (χ0v) is 18.9. The van der Waals surface area contributed by atoms with Crippen molar-refractivity contribution in [1.29, 1.82) is 0 Å². The Morgan fingerprint density at radius 1 is 1.13 bits per heavy atom. The van der Waals surface area contributed by atoms with Crippen molar-refractivity contribution in [3.63, 3.8) is 0 Å². The number of aromatic nitrogens is 1. The van der Waals surface area contributed by atoms with Crippen molar-refractivity contribution in [2.75, 3.05) is 33.8 Å². The summed E-state index contributed by atoms with van der Waals surface area (Å²) in [5, 5.41) is 0. The number of likely N-dealkylation sites (tertiary alicyclic amines) is 1. The number of hydrogen-bond acceptors (Lipinski definition) is 5. The molecule has 0 atom stereocenters. The molecule has 3 rings (SSSR count). The van der Waals surface area contributed by atoms with Crippen LogP contribution in [0.25, 0.3) is 11.1 Å². The van der Waals surface area contributed by atoms with E-state index in [9.17, 15) is 14.4 Å². The normalized spacial score (nSPS) is 15.0. The van der Waals surface area contributed by atoms with Crippen LogP contribution in [0.1, 0.15) is 51.9 Å². The fourth-order valence-electron chi connectivity index (χ4n) is 4.08. The predicted molar refractivity (Wildman–Crippen MR) is 119 cm³/mol. The van der Waals surface area contributed by atoms with E-state index in [0.717, 1.165) is 31.5 Å². The molecule has 2 aromatic rings. The lowest BCUT2D eigenvalue weighted by molar-refractivity contribution is -0.128. The standard InChI is InChI=1S/C24H31N3O4/c1-6-31-24(30)19-16(3)25-21(20(19)17-9-7-15(2)8-10-17)22(28)23(29)27(5)18-11-13-26(4)14-12-18/h7-10,18,25H,6,11-14H2,1-5H3. The van der Waals surface area contributed by atoms with E-state index >= 15 is 0 Å². The monoisotopic (exact) mass is 425 g/mol. The lowest BCUT2D eigenvalue weighted by Crippen LogP contribution is -2.46. The fraction of sp³-hybridized carbons (Fsp3) is 0.458. The molecule has 7 heteroatoms. The molecule has 31 heavy (non-hydrogen) atoms. The predicted octanol–water partition coefficient (Wildman–Crippen LogP) is 3.21. The van der Waals surface area contributed by atoms with Crippen molar-refractivity contribution >= 4 is 17.7 Å². The lowest BCUT2D eigenvalue weighted by atomic mass is 9.97. The number of ketones is 1. The second-order valence-electron chi connectivity index (χ2n) is 8.24. The molecule has 7 nitrogen and oxygen atoms in total. The third-order valence-corrected chi connectivity index (χ3v) is 5.98. The number of ether oxygens (including phenoxy) is 1. The van der Waals surface area contributed by atoms with Crippen molar-refractivity contribution in [3.05, 3.63) is 46.8 Å². The number of nitrogens with zero attached hydrogens (tertiary/aromatic N) is 2. The molecular formula is C24H31N3O4. The molecule has 0 unspecified atom stereocenters. The van der Waals surface area contributed by atoms with E-state index in [1.807, 2.05) is 31.2 Å². The van der Waals surface area contributed by atoms with Crippen LogP contribution in [0.3, 0.4) is 0 Å². The van der Waals surface area contributed by atoms with E-state index in [2.05, 4.69) is 16.9 Å². The van der Waals surface area contributed by atoms with Gasteiger partial charge in [0.25, 0.3) is 11.7 Å². The topological polar surface area (TPSA) is 82.7 Å². The molecule has 1 saturated heterocycles. The number of amides is 1. The summed E-state index contributed by atoms with van der Waals surface area (Å²) in [5.74, 6) is -1.72. The summed E-state index contributed by atoms with van der Waals surface area (Å²) >= 11 is 0. The zero-order valence-electron chi connectivity index (χ0n) is 18.9. The van der Waals surface area contributed by atoms with Crippen molar-refractivity contribution < 1.29 is 19.1 Å².